The predicted molar refractivity (Wildman–Crippen MR) is 73.4 cm³/mol. The minimum atomic E-state index is -0.190. The highest BCUT2D eigenvalue weighted by atomic mass is 32.1. The summed E-state index contributed by atoms with van der Waals surface area (Å²) in [6.45, 7) is 4.98. The lowest BCUT2D eigenvalue weighted by atomic mass is 10.0. The van der Waals surface area contributed by atoms with Crippen molar-refractivity contribution >= 4 is 11.3 Å². The Morgan fingerprint density at radius 3 is 2.89 bits per heavy atom. The van der Waals surface area contributed by atoms with Gasteiger partial charge in [0, 0.05) is 11.6 Å². The normalized spacial score (nSPS) is 12.6. The van der Waals surface area contributed by atoms with Crippen LogP contribution in [0.5, 0.6) is 0 Å². The van der Waals surface area contributed by atoms with Gasteiger partial charge in [-0.2, -0.15) is 0 Å². The van der Waals surface area contributed by atoms with Gasteiger partial charge in [-0.25, -0.2) is 9.37 Å². The highest BCUT2D eigenvalue weighted by Gasteiger charge is 2.17. The van der Waals surface area contributed by atoms with Crippen LogP contribution >= 0.6 is 11.3 Å². The Labute approximate surface area is 111 Å². The molecule has 1 heterocycles. The lowest BCUT2D eigenvalue weighted by Crippen LogP contribution is -2.23. The molecule has 2 nitrogen and oxygen atoms in total. The highest BCUT2D eigenvalue weighted by molar-refractivity contribution is 7.09. The number of aromatic nitrogens is 1. The minimum absolute atomic E-state index is 0.0607. The van der Waals surface area contributed by atoms with Gasteiger partial charge >= 0.3 is 0 Å². The molecule has 96 valence electrons. The Morgan fingerprint density at radius 2 is 2.28 bits per heavy atom. The number of halogens is 1. The molecular formula is C14H17FN2S. The van der Waals surface area contributed by atoms with Crippen LogP contribution in [0.3, 0.4) is 0 Å². The monoisotopic (exact) mass is 264 g/mol. The molecule has 0 aliphatic rings. The van der Waals surface area contributed by atoms with E-state index < -0.39 is 0 Å². The molecule has 0 bridgehead atoms. The summed E-state index contributed by atoms with van der Waals surface area (Å²) in [5.74, 6) is -0.190. The van der Waals surface area contributed by atoms with Crippen molar-refractivity contribution in [2.24, 2.45) is 0 Å². The van der Waals surface area contributed by atoms with Crippen LogP contribution in [0, 0.1) is 12.7 Å². The van der Waals surface area contributed by atoms with Gasteiger partial charge in [0.05, 0.1) is 6.04 Å². The third-order valence-corrected chi connectivity index (χ3v) is 3.68. The molecule has 0 amide bonds. The van der Waals surface area contributed by atoms with Crippen LogP contribution in [-0.4, -0.2) is 11.5 Å². The SMILES string of the molecule is CCCNC(c1nccs1)c1ccc(F)cc1C. The first-order valence-electron chi connectivity index (χ1n) is 6.11. The summed E-state index contributed by atoms with van der Waals surface area (Å²) in [7, 11) is 0. The summed E-state index contributed by atoms with van der Waals surface area (Å²) in [5, 5.41) is 6.47. The van der Waals surface area contributed by atoms with E-state index in [-0.39, 0.29) is 11.9 Å². The van der Waals surface area contributed by atoms with E-state index in [1.807, 2.05) is 18.4 Å². The van der Waals surface area contributed by atoms with E-state index in [0.29, 0.717) is 0 Å². The fraction of sp³-hybridized carbons (Fsp3) is 0.357. The largest absolute Gasteiger partial charge is 0.304 e. The standard InChI is InChI=1S/C14H17FN2S/c1-3-6-16-13(14-17-7-8-18-14)12-5-4-11(15)9-10(12)2/h4-5,7-9,13,16H,3,6H2,1-2H3. The maximum absolute atomic E-state index is 13.2. The van der Waals surface area contributed by atoms with Gasteiger partial charge in [-0.1, -0.05) is 13.0 Å². The number of nitrogens with one attached hydrogen (secondary N) is 1. The number of nitrogens with zero attached hydrogens (tertiary/aromatic N) is 1. The van der Waals surface area contributed by atoms with Crippen LogP contribution in [0.25, 0.3) is 0 Å². The molecule has 0 saturated heterocycles. The number of rotatable bonds is 5. The minimum Gasteiger partial charge on any atom is -0.304 e. The fourth-order valence-corrected chi connectivity index (χ4v) is 2.69. The van der Waals surface area contributed by atoms with E-state index >= 15 is 0 Å². The van der Waals surface area contributed by atoms with Gasteiger partial charge in [0.25, 0.3) is 0 Å². The summed E-state index contributed by atoms with van der Waals surface area (Å²) in [6, 6.07) is 4.99. The molecule has 4 heteroatoms. The van der Waals surface area contributed by atoms with Crippen molar-refractivity contribution in [2.75, 3.05) is 6.54 Å². The summed E-state index contributed by atoms with van der Waals surface area (Å²) in [6.07, 6.45) is 2.86. The molecule has 1 atom stereocenters. The second-order valence-electron chi connectivity index (χ2n) is 4.26. The molecule has 1 unspecified atom stereocenters. The van der Waals surface area contributed by atoms with Gasteiger partial charge < -0.3 is 5.32 Å². The summed E-state index contributed by atoms with van der Waals surface area (Å²) in [5.41, 5.74) is 2.05. The van der Waals surface area contributed by atoms with Crippen molar-refractivity contribution in [3.63, 3.8) is 0 Å². The number of hydrogen-bond donors (Lipinski definition) is 1. The first kappa shape index (κ1) is 13.2. The number of thiazole rings is 1. The molecule has 0 aliphatic carbocycles. The smallest absolute Gasteiger partial charge is 0.123 e. The van der Waals surface area contributed by atoms with E-state index in [0.717, 1.165) is 29.1 Å². The van der Waals surface area contributed by atoms with Crippen LogP contribution in [0.2, 0.25) is 0 Å². The maximum atomic E-state index is 13.2. The van der Waals surface area contributed by atoms with Gasteiger partial charge in [0.1, 0.15) is 10.8 Å². The summed E-state index contributed by atoms with van der Waals surface area (Å²) in [4.78, 5) is 4.37. The molecule has 1 N–H and O–H groups in total. The molecule has 1 aromatic heterocycles. The molecular weight excluding hydrogens is 247 g/mol. The topological polar surface area (TPSA) is 24.9 Å². The van der Waals surface area contributed by atoms with Gasteiger partial charge in [-0.3, -0.25) is 0 Å². The van der Waals surface area contributed by atoms with E-state index in [9.17, 15) is 4.39 Å². The van der Waals surface area contributed by atoms with Gasteiger partial charge in [-0.05, 0) is 43.1 Å². The maximum Gasteiger partial charge on any atom is 0.123 e. The van der Waals surface area contributed by atoms with E-state index in [1.54, 1.807) is 23.6 Å². The number of hydrogen-bond acceptors (Lipinski definition) is 3. The van der Waals surface area contributed by atoms with Crippen LogP contribution < -0.4 is 5.32 Å². The lowest BCUT2D eigenvalue weighted by molar-refractivity contribution is 0.587. The van der Waals surface area contributed by atoms with Crippen molar-refractivity contribution < 1.29 is 4.39 Å². The van der Waals surface area contributed by atoms with Gasteiger partial charge in [-0.15, -0.1) is 11.3 Å². The molecule has 0 fully saturated rings. The first-order valence-corrected chi connectivity index (χ1v) is 6.99. The Morgan fingerprint density at radius 1 is 1.44 bits per heavy atom. The van der Waals surface area contributed by atoms with E-state index in [4.69, 9.17) is 0 Å². The van der Waals surface area contributed by atoms with Crippen molar-refractivity contribution in [2.45, 2.75) is 26.3 Å². The van der Waals surface area contributed by atoms with Crippen LogP contribution in [0.4, 0.5) is 4.39 Å². The molecule has 2 aromatic rings. The molecule has 0 aliphatic heterocycles. The zero-order valence-electron chi connectivity index (χ0n) is 10.6. The average Bonchev–Trinajstić information content (AvgIpc) is 2.85. The molecule has 2 rings (SSSR count). The summed E-state index contributed by atoms with van der Waals surface area (Å²) >= 11 is 1.62. The zero-order valence-corrected chi connectivity index (χ0v) is 11.4. The lowest BCUT2D eigenvalue weighted by Gasteiger charge is -2.18. The number of benzene rings is 1. The second kappa shape index (κ2) is 6.07. The average molecular weight is 264 g/mol. The fourth-order valence-electron chi connectivity index (χ4n) is 1.96. The molecule has 0 saturated carbocycles. The van der Waals surface area contributed by atoms with E-state index in [2.05, 4.69) is 17.2 Å². The third-order valence-electron chi connectivity index (χ3n) is 2.84. The Bertz CT molecular complexity index is 497. The quantitative estimate of drug-likeness (QED) is 0.891. The highest BCUT2D eigenvalue weighted by Crippen LogP contribution is 2.26. The second-order valence-corrected chi connectivity index (χ2v) is 5.18. The third kappa shape index (κ3) is 2.94. The number of aryl methyl sites for hydroxylation is 1. The van der Waals surface area contributed by atoms with Crippen LogP contribution in [-0.2, 0) is 0 Å². The van der Waals surface area contributed by atoms with Crippen molar-refractivity contribution in [1.82, 2.24) is 10.3 Å². The predicted octanol–water partition coefficient (Wildman–Crippen LogP) is 3.68. The van der Waals surface area contributed by atoms with Crippen molar-refractivity contribution in [1.29, 1.82) is 0 Å². The Hall–Kier alpha value is -1.26. The summed E-state index contributed by atoms with van der Waals surface area (Å²) < 4.78 is 13.2. The molecule has 18 heavy (non-hydrogen) atoms. The Balaban J connectivity index is 2.33. The van der Waals surface area contributed by atoms with Gasteiger partial charge in [0.15, 0.2) is 0 Å². The first-order chi connectivity index (χ1) is 8.72. The molecule has 1 aromatic carbocycles. The zero-order chi connectivity index (χ0) is 13.0. The Kier molecular flexibility index (Phi) is 4.44. The van der Waals surface area contributed by atoms with Gasteiger partial charge in [0.2, 0.25) is 0 Å². The van der Waals surface area contributed by atoms with E-state index in [1.165, 1.54) is 6.07 Å². The van der Waals surface area contributed by atoms with Crippen molar-refractivity contribution in [3.8, 4) is 0 Å². The van der Waals surface area contributed by atoms with Crippen molar-refractivity contribution in [3.05, 3.63) is 51.7 Å². The van der Waals surface area contributed by atoms with Crippen LogP contribution in [0.1, 0.15) is 35.5 Å². The molecule has 0 radical (unpaired) electrons. The molecule has 0 spiro atoms. The van der Waals surface area contributed by atoms with Crippen LogP contribution in [0.15, 0.2) is 29.8 Å².